The van der Waals surface area contributed by atoms with Crippen molar-refractivity contribution in [2.45, 2.75) is 38.6 Å². The average Bonchev–Trinajstić information content (AvgIpc) is 3.21. The fourth-order valence-electron chi connectivity index (χ4n) is 2.14. The van der Waals surface area contributed by atoms with E-state index < -0.39 is 16.6 Å². The van der Waals surface area contributed by atoms with Crippen LogP contribution in [0, 0.1) is 16.0 Å². The minimum atomic E-state index is -1.32. The van der Waals surface area contributed by atoms with Gasteiger partial charge in [0.2, 0.25) is 0 Å². The number of hydrogen-bond acceptors (Lipinski definition) is 5. The van der Waals surface area contributed by atoms with Gasteiger partial charge in [-0.05, 0) is 18.8 Å². The maximum atomic E-state index is 11.1. The Morgan fingerprint density at radius 3 is 2.85 bits per heavy atom. The highest BCUT2D eigenvalue weighted by atomic mass is 16.6. The molecular formula is C13H17N3O4. The van der Waals surface area contributed by atoms with Crippen molar-refractivity contribution >= 4 is 17.5 Å². The number of carbonyl (C=O) groups is 1. The number of hydrogen-bond donors (Lipinski definition) is 2. The van der Waals surface area contributed by atoms with Crippen LogP contribution in [-0.2, 0) is 0 Å². The van der Waals surface area contributed by atoms with Crippen molar-refractivity contribution in [1.29, 1.82) is 0 Å². The molecule has 0 radical (unpaired) electrons. The number of aromatic nitrogens is 1. The lowest BCUT2D eigenvalue weighted by Crippen LogP contribution is -2.20. The second kappa shape index (κ2) is 5.85. The molecule has 2 N–H and O–H groups in total. The maximum Gasteiger partial charge on any atom is 0.342 e. The molecule has 0 spiro atoms. The van der Waals surface area contributed by atoms with Gasteiger partial charge >= 0.3 is 11.7 Å². The SMILES string of the molecule is CCC(CC1CC1)Nc1cc(C(=O)O)c([N+](=O)[O-])cn1. The van der Waals surface area contributed by atoms with E-state index in [4.69, 9.17) is 5.11 Å². The number of rotatable bonds is 7. The second-order valence-electron chi connectivity index (χ2n) is 5.08. The largest absolute Gasteiger partial charge is 0.477 e. The van der Waals surface area contributed by atoms with Gasteiger partial charge in [-0.15, -0.1) is 0 Å². The molecule has 108 valence electrons. The molecule has 20 heavy (non-hydrogen) atoms. The number of nitro groups is 1. The Hall–Kier alpha value is -2.18. The van der Waals surface area contributed by atoms with Crippen molar-refractivity contribution in [2.75, 3.05) is 5.32 Å². The molecule has 1 heterocycles. The zero-order valence-corrected chi connectivity index (χ0v) is 11.2. The summed E-state index contributed by atoms with van der Waals surface area (Å²) in [5.74, 6) is -0.206. The van der Waals surface area contributed by atoms with Crippen molar-refractivity contribution < 1.29 is 14.8 Å². The topological polar surface area (TPSA) is 105 Å². The fraction of sp³-hybridized carbons (Fsp3) is 0.538. The summed E-state index contributed by atoms with van der Waals surface area (Å²) in [7, 11) is 0. The maximum absolute atomic E-state index is 11.1. The van der Waals surface area contributed by atoms with Crippen LogP contribution in [0.25, 0.3) is 0 Å². The van der Waals surface area contributed by atoms with Gasteiger partial charge in [0.15, 0.2) is 0 Å². The highest BCUT2D eigenvalue weighted by Crippen LogP contribution is 2.34. The van der Waals surface area contributed by atoms with Gasteiger partial charge in [-0.2, -0.15) is 0 Å². The molecule has 1 aliphatic carbocycles. The molecule has 7 heteroatoms. The van der Waals surface area contributed by atoms with E-state index in [2.05, 4.69) is 10.3 Å². The molecule has 1 atom stereocenters. The summed E-state index contributed by atoms with van der Waals surface area (Å²) in [6.07, 6.45) is 5.41. The predicted molar refractivity (Wildman–Crippen MR) is 72.9 cm³/mol. The first-order chi connectivity index (χ1) is 9.51. The predicted octanol–water partition coefficient (Wildman–Crippen LogP) is 2.68. The van der Waals surface area contributed by atoms with Crippen LogP contribution < -0.4 is 5.32 Å². The minimum Gasteiger partial charge on any atom is -0.477 e. The molecule has 0 bridgehead atoms. The molecule has 1 unspecified atom stereocenters. The Labute approximate surface area is 116 Å². The first-order valence-electron chi connectivity index (χ1n) is 6.65. The van der Waals surface area contributed by atoms with Crippen LogP contribution in [0.1, 0.15) is 43.0 Å². The molecule has 7 nitrogen and oxygen atoms in total. The second-order valence-corrected chi connectivity index (χ2v) is 5.08. The third-order valence-corrected chi connectivity index (χ3v) is 3.47. The van der Waals surface area contributed by atoms with Crippen molar-refractivity contribution in [3.8, 4) is 0 Å². The van der Waals surface area contributed by atoms with E-state index in [1.807, 2.05) is 6.92 Å². The lowest BCUT2D eigenvalue weighted by atomic mass is 10.1. The van der Waals surface area contributed by atoms with Crippen LogP contribution in [0.3, 0.4) is 0 Å². The number of carboxylic acids is 1. The Kier molecular flexibility index (Phi) is 4.16. The van der Waals surface area contributed by atoms with Crippen molar-refractivity contribution in [2.24, 2.45) is 5.92 Å². The van der Waals surface area contributed by atoms with Gasteiger partial charge in [0, 0.05) is 12.1 Å². The quantitative estimate of drug-likeness (QED) is 0.587. The summed E-state index contributed by atoms with van der Waals surface area (Å²) in [5, 5.41) is 22.9. The molecular weight excluding hydrogens is 262 g/mol. The van der Waals surface area contributed by atoms with E-state index in [1.165, 1.54) is 18.9 Å². The highest BCUT2D eigenvalue weighted by Gasteiger charge is 2.26. The van der Waals surface area contributed by atoms with Crippen molar-refractivity contribution in [3.05, 3.63) is 27.9 Å². The number of aromatic carboxylic acids is 1. The molecule has 1 aromatic heterocycles. The minimum absolute atomic E-state index is 0.220. The number of pyridine rings is 1. The van der Waals surface area contributed by atoms with Crippen LogP contribution in [0.15, 0.2) is 12.3 Å². The van der Waals surface area contributed by atoms with E-state index in [-0.39, 0.29) is 11.6 Å². The Morgan fingerprint density at radius 2 is 2.35 bits per heavy atom. The van der Waals surface area contributed by atoms with Crippen molar-refractivity contribution in [1.82, 2.24) is 4.98 Å². The number of nitrogens with zero attached hydrogens (tertiary/aromatic N) is 2. The third-order valence-electron chi connectivity index (χ3n) is 3.47. The van der Waals surface area contributed by atoms with Gasteiger partial charge in [-0.1, -0.05) is 19.8 Å². The number of anilines is 1. The van der Waals surface area contributed by atoms with Gasteiger partial charge in [0.05, 0.1) is 4.92 Å². The normalized spacial score (nSPS) is 15.7. The standard InChI is InChI=1S/C13H17N3O4/c1-2-9(5-8-3-4-8)15-12-6-10(13(17)18)11(7-14-12)16(19)20/h6-9H,2-5H2,1H3,(H,14,15)(H,17,18). The monoisotopic (exact) mass is 279 g/mol. The zero-order valence-electron chi connectivity index (χ0n) is 11.2. The van der Waals surface area contributed by atoms with E-state index >= 15 is 0 Å². The van der Waals surface area contributed by atoms with Crippen molar-refractivity contribution in [3.63, 3.8) is 0 Å². The lowest BCUT2D eigenvalue weighted by molar-refractivity contribution is -0.385. The first kappa shape index (κ1) is 14.2. The summed E-state index contributed by atoms with van der Waals surface area (Å²) in [6.45, 7) is 2.05. The van der Waals surface area contributed by atoms with Gasteiger partial charge in [0.25, 0.3) is 0 Å². The summed E-state index contributed by atoms with van der Waals surface area (Å²) in [5.41, 5.74) is -0.827. The fourth-order valence-corrected chi connectivity index (χ4v) is 2.14. The average molecular weight is 279 g/mol. The molecule has 0 aliphatic heterocycles. The smallest absolute Gasteiger partial charge is 0.342 e. The first-order valence-corrected chi connectivity index (χ1v) is 6.65. The van der Waals surface area contributed by atoms with E-state index in [1.54, 1.807) is 0 Å². The Balaban J connectivity index is 2.16. The lowest BCUT2D eigenvalue weighted by Gasteiger charge is -2.17. The van der Waals surface area contributed by atoms with Crippen LogP contribution >= 0.6 is 0 Å². The molecule has 1 saturated carbocycles. The van der Waals surface area contributed by atoms with Gasteiger partial charge < -0.3 is 10.4 Å². The molecule has 1 aliphatic rings. The molecule has 0 aromatic carbocycles. The van der Waals surface area contributed by atoms with Gasteiger partial charge in [-0.25, -0.2) is 9.78 Å². The summed E-state index contributed by atoms with van der Waals surface area (Å²) >= 11 is 0. The molecule has 1 aromatic rings. The molecule has 0 saturated heterocycles. The number of nitrogens with one attached hydrogen (secondary N) is 1. The van der Waals surface area contributed by atoms with Gasteiger partial charge in [0.1, 0.15) is 17.6 Å². The Morgan fingerprint density at radius 1 is 1.65 bits per heavy atom. The zero-order chi connectivity index (χ0) is 14.7. The van der Waals surface area contributed by atoms with Gasteiger partial charge in [-0.3, -0.25) is 10.1 Å². The van der Waals surface area contributed by atoms with Crippen LogP contribution in [-0.4, -0.2) is 27.0 Å². The Bertz CT molecular complexity index is 528. The van der Waals surface area contributed by atoms with E-state index in [0.717, 1.165) is 25.0 Å². The van der Waals surface area contributed by atoms with E-state index in [9.17, 15) is 14.9 Å². The highest BCUT2D eigenvalue weighted by molar-refractivity contribution is 5.93. The third kappa shape index (κ3) is 3.43. The van der Waals surface area contributed by atoms with Crippen LogP contribution in [0.4, 0.5) is 11.5 Å². The summed E-state index contributed by atoms with van der Waals surface area (Å²) in [6, 6.07) is 1.45. The summed E-state index contributed by atoms with van der Waals surface area (Å²) in [4.78, 5) is 25.0. The molecule has 0 amide bonds. The van der Waals surface area contributed by atoms with E-state index in [0.29, 0.717) is 5.82 Å². The number of carboxylic acid groups (broad SMARTS) is 1. The van der Waals surface area contributed by atoms with Crippen LogP contribution in [0.5, 0.6) is 0 Å². The van der Waals surface area contributed by atoms with Crippen LogP contribution in [0.2, 0.25) is 0 Å². The summed E-state index contributed by atoms with van der Waals surface area (Å²) < 4.78 is 0. The molecule has 2 rings (SSSR count). The molecule has 1 fully saturated rings.